The molecule has 1 aromatic carbocycles. The molecule has 0 N–H and O–H groups in total. The van der Waals surface area contributed by atoms with E-state index in [0.29, 0.717) is 20.9 Å². The van der Waals surface area contributed by atoms with Crippen LogP contribution >= 0.6 is 35.0 Å². The van der Waals surface area contributed by atoms with Gasteiger partial charge in [-0.1, -0.05) is 54.9 Å². The second-order valence-electron chi connectivity index (χ2n) is 6.13. The van der Waals surface area contributed by atoms with Crippen molar-refractivity contribution in [3.8, 4) is 0 Å². The molecule has 2 aliphatic rings. The quantitative estimate of drug-likeness (QED) is 0.753. The molecular formula is C15H16Cl2N2O3S2. The van der Waals surface area contributed by atoms with Crippen LogP contribution in [0, 0.1) is 5.92 Å². The van der Waals surface area contributed by atoms with Crippen LogP contribution in [0.15, 0.2) is 23.2 Å². The van der Waals surface area contributed by atoms with Crippen LogP contribution in [0.1, 0.15) is 13.8 Å². The van der Waals surface area contributed by atoms with Crippen LogP contribution < -0.4 is 4.90 Å². The Morgan fingerprint density at radius 3 is 2.71 bits per heavy atom. The standard InChI is InChI=1S/C15H16Cl2N2O3S2/c1-8(2)14(20)18-15-19(10-5-3-4-9(16)13(10)17)11-6-24(21,22)7-12(11)23-15/h3-5,8,11-12H,6-7H2,1-2H3/t11-,12-/m1/s1. The number of amides is 1. The lowest BCUT2D eigenvalue weighted by atomic mass is 10.2. The van der Waals surface area contributed by atoms with Crippen molar-refractivity contribution >= 4 is 61.6 Å². The zero-order chi connectivity index (χ0) is 17.6. The van der Waals surface area contributed by atoms with Crippen molar-refractivity contribution in [1.82, 2.24) is 0 Å². The van der Waals surface area contributed by atoms with E-state index in [1.54, 1.807) is 36.9 Å². The van der Waals surface area contributed by atoms with Gasteiger partial charge in [-0.2, -0.15) is 4.99 Å². The minimum absolute atomic E-state index is 0.0163. The molecule has 130 valence electrons. The number of sulfone groups is 1. The molecule has 1 amide bonds. The lowest BCUT2D eigenvalue weighted by molar-refractivity contribution is -0.120. The Balaban J connectivity index is 2.08. The van der Waals surface area contributed by atoms with E-state index in [1.165, 1.54) is 11.8 Å². The van der Waals surface area contributed by atoms with Crippen LogP contribution in [0.25, 0.3) is 0 Å². The van der Waals surface area contributed by atoms with Crippen LogP contribution in [0.2, 0.25) is 10.0 Å². The van der Waals surface area contributed by atoms with E-state index in [4.69, 9.17) is 23.2 Å². The summed E-state index contributed by atoms with van der Waals surface area (Å²) in [5, 5.41) is 1.03. The molecule has 0 aromatic heterocycles. The highest BCUT2D eigenvalue weighted by molar-refractivity contribution is 8.16. The van der Waals surface area contributed by atoms with Gasteiger partial charge in [-0.25, -0.2) is 8.42 Å². The van der Waals surface area contributed by atoms with Gasteiger partial charge in [-0.3, -0.25) is 4.79 Å². The number of thioether (sulfide) groups is 1. The molecule has 1 aromatic rings. The third-order valence-corrected chi connectivity index (χ3v) is 7.98. The van der Waals surface area contributed by atoms with Gasteiger partial charge in [-0.05, 0) is 12.1 Å². The number of carbonyl (C=O) groups is 1. The van der Waals surface area contributed by atoms with Crippen LogP contribution in [-0.2, 0) is 14.6 Å². The smallest absolute Gasteiger partial charge is 0.250 e. The molecule has 9 heteroatoms. The maximum Gasteiger partial charge on any atom is 0.250 e. The Morgan fingerprint density at radius 1 is 1.33 bits per heavy atom. The van der Waals surface area contributed by atoms with Crippen molar-refractivity contribution in [3.63, 3.8) is 0 Å². The summed E-state index contributed by atoms with van der Waals surface area (Å²) in [7, 11) is -3.12. The summed E-state index contributed by atoms with van der Waals surface area (Å²) in [4.78, 5) is 18.0. The second kappa shape index (κ2) is 6.52. The van der Waals surface area contributed by atoms with E-state index in [9.17, 15) is 13.2 Å². The fraction of sp³-hybridized carbons (Fsp3) is 0.467. The van der Waals surface area contributed by atoms with E-state index in [1.807, 2.05) is 0 Å². The van der Waals surface area contributed by atoms with Gasteiger partial charge in [-0.15, -0.1) is 0 Å². The molecule has 0 radical (unpaired) electrons. The number of aliphatic imine (C=N–C) groups is 1. The first kappa shape index (κ1) is 18.0. The number of anilines is 1. The third kappa shape index (κ3) is 3.31. The molecule has 0 saturated carbocycles. The van der Waals surface area contributed by atoms with Crippen molar-refractivity contribution in [2.75, 3.05) is 16.4 Å². The topological polar surface area (TPSA) is 66.8 Å². The van der Waals surface area contributed by atoms with Gasteiger partial charge < -0.3 is 4.90 Å². The molecule has 0 bridgehead atoms. The summed E-state index contributed by atoms with van der Waals surface area (Å²) < 4.78 is 24.0. The van der Waals surface area contributed by atoms with E-state index in [0.717, 1.165) is 0 Å². The van der Waals surface area contributed by atoms with Gasteiger partial charge >= 0.3 is 0 Å². The van der Waals surface area contributed by atoms with Gasteiger partial charge in [0.05, 0.1) is 33.3 Å². The third-order valence-electron chi connectivity index (χ3n) is 3.96. The lowest BCUT2D eigenvalue weighted by Gasteiger charge is -2.25. The van der Waals surface area contributed by atoms with Gasteiger partial charge in [0, 0.05) is 11.2 Å². The average Bonchev–Trinajstić information content (AvgIpc) is 2.93. The lowest BCUT2D eigenvalue weighted by Crippen LogP contribution is -2.38. The molecule has 0 unspecified atom stereocenters. The molecule has 2 aliphatic heterocycles. The number of nitrogens with zero attached hydrogens (tertiary/aromatic N) is 2. The first-order chi connectivity index (χ1) is 11.2. The first-order valence-corrected chi connectivity index (χ1v) is 10.9. The summed E-state index contributed by atoms with van der Waals surface area (Å²) in [6.45, 7) is 3.54. The summed E-state index contributed by atoms with van der Waals surface area (Å²) >= 11 is 13.8. The van der Waals surface area contributed by atoms with Gasteiger partial charge in [0.1, 0.15) is 0 Å². The fourth-order valence-corrected chi connectivity index (χ4v) is 7.05. The Hall–Kier alpha value is -0.760. The summed E-state index contributed by atoms with van der Waals surface area (Å²) in [6, 6.07) is 4.87. The first-order valence-electron chi connectivity index (χ1n) is 7.42. The number of rotatable bonds is 2. The second-order valence-corrected chi connectivity index (χ2v) is 10.3. The highest BCUT2D eigenvalue weighted by atomic mass is 35.5. The van der Waals surface area contributed by atoms with Crippen LogP contribution in [0.3, 0.4) is 0 Å². The molecule has 3 rings (SSSR count). The van der Waals surface area contributed by atoms with E-state index >= 15 is 0 Å². The number of amidine groups is 1. The number of carbonyl (C=O) groups excluding carboxylic acids is 1. The predicted molar refractivity (Wildman–Crippen MR) is 100 cm³/mol. The Morgan fingerprint density at radius 2 is 2.04 bits per heavy atom. The minimum atomic E-state index is -3.12. The van der Waals surface area contributed by atoms with Crippen LogP contribution in [0.4, 0.5) is 5.69 Å². The van der Waals surface area contributed by atoms with E-state index in [-0.39, 0.29) is 34.6 Å². The minimum Gasteiger partial charge on any atom is -0.314 e. The normalized spacial score (nSPS) is 27.0. The van der Waals surface area contributed by atoms with E-state index in [2.05, 4.69) is 4.99 Å². The largest absolute Gasteiger partial charge is 0.314 e. The van der Waals surface area contributed by atoms with E-state index < -0.39 is 9.84 Å². The highest BCUT2D eigenvalue weighted by Gasteiger charge is 2.49. The summed E-state index contributed by atoms with van der Waals surface area (Å²) in [5.41, 5.74) is 0.580. The van der Waals surface area contributed by atoms with Crippen LogP contribution in [-0.4, -0.2) is 42.3 Å². The summed E-state index contributed by atoms with van der Waals surface area (Å²) in [5.74, 6) is -0.392. The van der Waals surface area contributed by atoms with Crippen molar-refractivity contribution < 1.29 is 13.2 Å². The zero-order valence-corrected chi connectivity index (χ0v) is 16.2. The Kier molecular flexibility index (Phi) is 4.90. The Bertz CT molecular complexity index is 824. The van der Waals surface area contributed by atoms with Crippen molar-refractivity contribution in [2.24, 2.45) is 10.9 Å². The summed E-state index contributed by atoms with van der Waals surface area (Å²) in [6.07, 6.45) is 0. The molecule has 2 atom stereocenters. The molecular weight excluding hydrogens is 391 g/mol. The zero-order valence-electron chi connectivity index (χ0n) is 13.1. The Labute approximate surface area is 155 Å². The molecule has 2 heterocycles. The molecule has 2 saturated heterocycles. The maximum atomic E-state index is 12.1. The number of benzene rings is 1. The molecule has 0 aliphatic carbocycles. The van der Waals surface area contributed by atoms with Gasteiger partial charge in [0.25, 0.3) is 5.91 Å². The number of hydrogen-bond donors (Lipinski definition) is 0. The van der Waals surface area contributed by atoms with Gasteiger partial charge in [0.2, 0.25) is 0 Å². The molecule has 0 spiro atoms. The fourth-order valence-electron chi connectivity index (χ4n) is 2.75. The monoisotopic (exact) mass is 406 g/mol. The van der Waals surface area contributed by atoms with Crippen molar-refractivity contribution in [2.45, 2.75) is 25.1 Å². The highest BCUT2D eigenvalue weighted by Crippen LogP contribution is 2.44. The predicted octanol–water partition coefficient (Wildman–Crippen LogP) is 3.25. The van der Waals surface area contributed by atoms with Crippen LogP contribution in [0.5, 0.6) is 0 Å². The number of hydrogen-bond acceptors (Lipinski definition) is 4. The molecule has 5 nitrogen and oxygen atoms in total. The number of fused-ring (bicyclic) bond motifs is 1. The van der Waals surface area contributed by atoms with Crippen molar-refractivity contribution in [3.05, 3.63) is 28.2 Å². The average molecular weight is 407 g/mol. The molecule has 24 heavy (non-hydrogen) atoms. The van der Waals surface area contributed by atoms with Crippen molar-refractivity contribution in [1.29, 1.82) is 0 Å². The SMILES string of the molecule is CC(C)C(=O)N=C1S[C@@H]2CS(=O)(=O)C[C@H]2N1c1cccc(Cl)c1Cl. The maximum absolute atomic E-state index is 12.1. The number of halogens is 2. The van der Waals surface area contributed by atoms with Gasteiger partial charge in [0.15, 0.2) is 15.0 Å². The molecule has 2 fully saturated rings.